The molecule has 6 nitrogen and oxygen atoms in total. The number of hydrogen-bond donors (Lipinski definition) is 2. The average molecular weight is 438 g/mol. The van der Waals surface area contributed by atoms with Gasteiger partial charge in [-0.3, -0.25) is 0 Å². The Morgan fingerprint density at radius 1 is 1.38 bits per heavy atom. The number of rotatable bonds is 10. The Bertz CT molecular complexity index is 653. The molecule has 0 saturated carbocycles. The van der Waals surface area contributed by atoms with Crippen molar-refractivity contribution in [1.82, 2.24) is 0 Å². The van der Waals surface area contributed by atoms with Crippen LogP contribution in [0.25, 0.3) is 0 Å². The van der Waals surface area contributed by atoms with Gasteiger partial charge in [-0.05, 0) is 0 Å². The van der Waals surface area contributed by atoms with Crippen LogP contribution in [0.5, 0.6) is 0 Å². The molecule has 1 aliphatic heterocycles. The third-order valence-electron chi connectivity index (χ3n) is 4.87. The maximum atomic E-state index is 12.4. The third-order valence-corrected chi connectivity index (χ3v) is 5.45. The van der Waals surface area contributed by atoms with E-state index >= 15 is 0 Å². The van der Waals surface area contributed by atoms with Crippen molar-refractivity contribution >= 4 is 41.2 Å². The summed E-state index contributed by atoms with van der Waals surface area (Å²) in [7, 11) is 3.97. The Labute approximate surface area is 181 Å². The molecule has 0 radical (unpaired) electrons. The van der Waals surface area contributed by atoms with Gasteiger partial charge in [-0.2, -0.15) is 0 Å². The number of hydrogen-bond acceptors (Lipinski definition) is 7. The topological polar surface area (TPSA) is 74.2 Å². The van der Waals surface area contributed by atoms with Crippen LogP contribution in [0.3, 0.4) is 0 Å². The van der Waals surface area contributed by atoms with E-state index in [1.54, 1.807) is 30.8 Å². The molecule has 1 aromatic carbocycles. The van der Waals surface area contributed by atoms with Gasteiger partial charge in [-0.1, -0.05) is 0 Å². The fourth-order valence-corrected chi connectivity index (χ4v) is 3.64. The van der Waals surface area contributed by atoms with Gasteiger partial charge in [0.25, 0.3) is 0 Å². The minimum absolute atomic E-state index is 0.00979. The quantitative estimate of drug-likeness (QED) is 0.192. The number of aliphatic hydroxyl groups excluding tert-OH is 1. The third kappa shape index (κ3) is 7.18. The summed E-state index contributed by atoms with van der Waals surface area (Å²) in [6.45, 7) is 6.15. The molecule has 7 atom stereocenters. The van der Waals surface area contributed by atoms with Crippen molar-refractivity contribution in [2.24, 2.45) is 5.92 Å². The van der Waals surface area contributed by atoms with Crippen molar-refractivity contribution in [3.8, 4) is 0 Å². The Balaban J connectivity index is 2.14. The second-order valence-electron chi connectivity index (χ2n) is 7.00. The molecule has 0 amide bonds. The molecule has 1 N–H and O–H groups in total. The fraction of sp³-hybridized carbons (Fsp3) is 0.632. The first-order chi connectivity index (χ1) is 14.0. The number of carbonyl (C=O) groups excluding carboxylic acids is 1. The molecule has 0 aliphatic carbocycles. The van der Waals surface area contributed by atoms with Crippen LogP contribution in [0.1, 0.15) is 37.0 Å². The number of esters is 1. The fourth-order valence-electron chi connectivity index (χ4n) is 3.14. The van der Waals surface area contributed by atoms with E-state index in [9.17, 15) is 9.90 Å². The van der Waals surface area contributed by atoms with Crippen LogP contribution in [-0.4, -0.2) is 67.7 Å². The van der Waals surface area contributed by atoms with Crippen LogP contribution < -0.4 is 0 Å². The summed E-state index contributed by atoms with van der Waals surface area (Å²) in [5.74, 6) is -0.678. The molecule has 1 saturated heterocycles. The van der Waals surface area contributed by atoms with Gasteiger partial charge in [0.15, 0.2) is 0 Å². The van der Waals surface area contributed by atoms with Gasteiger partial charge in [-0.15, -0.1) is 0 Å². The zero-order valence-electron chi connectivity index (χ0n) is 16.8. The van der Waals surface area contributed by atoms with E-state index in [0.717, 1.165) is 12.8 Å². The standard InChI is InChI=1S/C19H29B2O6PS/c1-3-4-10-24-14(11-25-18(23)13-8-6-5-7-9-13)17-16(27-20-21-28)12(2)15(22)19(29)26-17/h5-9,12,14-17,19,22,29H,3-4,10-11,28H2,1-2H3/t12?,14-,15?,16-,17?,19-/m0/s1. The molecule has 29 heavy (non-hydrogen) atoms. The minimum atomic E-state index is -0.791. The van der Waals surface area contributed by atoms with E-state index in [0.29, 0.717) is 12.2 Å². The van der Waals surface area contributed by atoms with Gasteiger partial charge in [0.2, 0.25) is 0 Å². The average Bonchev–Trinajstić information content (AvgIpc) is 2.74. The van der Waals surface area contributed by atoms with Gasteiger partial charge < -0.3 is 0 Å². The molecule has 2 rings (SSSR count). The van der Waals surface area contributed by atoms with Crippen LogP contribution in [0.2, 0.25) is 0 Å². The van der Waals surface area contributed by atoms with Crippen molar-refractivity contribution in [3.63, 3.8) is 0 Å². The van der Waals surface area contributed by atoms with Gasteiger partial charge in [0.1, 0.15) is 0 Å². The predicted molar refractivity (Wildman–Crippen MR) is 120 cm³/mol. The molecular formula is C19H29B2O6PS. The van der Waals surface area contributed by atoms with Crippen molar-refractivity contribution < 1.29 is 28.8 Å². The summed E-state index contributed by atoms with van der Waals surface area (Å²) >= 11 is 4.36. The molecule has 0 bridgehead atoms. The Morgan fingerprint density at radius 2 is 2.10 bits per heavy atom. The van der Waals surface area contributed by atoms with Crippen LogP contribution in [-0.2, 0) is 18.9 Å². The Kier molecular flexibility index (Phi) is 10.9. The number of thiol groups is 1. The van der Waals surface area contributed by atoms with Crippen molar-refractivity contribution in [2.75, 3.05) is 13.2 Å². The molecule has 1 fully saturated rings. The first-order valence-electron chi connectivity index (χ1n) is 9.87. The SMILES string of the molecule is CCCCO[C@@H](COC(=O)c1ccccc1)C1O[C@@H](S)C(O)C(C)[C@@H]1OB=BP. The number of aliphatic hydroxyl groups is 1. The summed E-state index contributed by atoms with van der Waals surface area (Å²) in [6, 6.07) is 8.80. The van der Waals surface area contributed by atoms with Gasteiger partial charge >= 0.3 is 182 Å². The van der Waals surface area contributed by atoms with Crippen molar-refractivity contribution in [3.05, 3.63) is 35.9 Å². The Morgan fingerprint density at radius 3 is 2.76 bits per heavy atom. The monoisotopic (exact) mass is 438 g/mol. The van der Waals surface area contributed by atoms with Crippen LogP contribution >= 0.6 is 21.7 Å². The van der Waals surface area contributed by atoms with E-state index in [4.69, 9.17) is 18.9 Å². The van der Waals surface area contributed by atoms with Gasteiger partial charge in [0, 0.05) is 0 Å². The van der Waals surface area contributed by atoms with Crippen LogP contribution in [0.4, 0.5) is 0 Å². The second-order valence-corrected chi connectivity index (χ2v) is 7.89. The normalized spacial score (nSPS) is 27.7. The van der Waals surface area contributed by atoms with Gasteiger partial charge in [-0.25, -0.2) is 0 Å². The molecule has 1 aromatic rings. The molecule has 1 heterocycles. The zero-order valence-corrected chi connectivity index (χ0v) is 18.9. The van der Waals surface area contributed by atoms with Crippen LogP contribution in [0.15, 0.2) is 30.3 Å². The number of benzene rings is 1. The molecule has 10 heteroatoms. The van der Waals surface area contributed by atoms with E-state index in [1.807, 2.05) is 13.0 Å². The van der Waals surface area contributed by atoms with E-state index in [-0.39, 0.29) is 12.5 Å². The van der Waals surface area contributed by atoms with E-state index in [2.05, 4.69) is 28.7 Å². The summed E-state index contributed by atoms with van der Waals surface area (Å²) in [6.07, 6.45) is -0.538. The maximum absolute atomic E-state index is 12.4. The Hall–Kier alpha value is -0.720. The summed E-state index contributed by atoms with van der Waals surface area (Å²) in [5.41, 5.74) is -0.212. The van der Waals surface area contributed by atoms with Crippen molar-refractivity contribution in [2.45, 2.75) is 56.5 Å². The summed E-state index contributed by atoms with van der Waals surface area (Å²) in [5, 5.41) is 10.4. The predicted octanol–water partition coefficient (Wildman–Crippen LogP) is 2.09. The second kappa shape index (κ2) is 12.9. The number of ether oxygens (including phenoxy) is 3. The molecule has 0 aromatic heterocycles. The zero-order chi connectivity index (χ0) is 21.2. The summed E-state index contributed by atoms with van der Waals surface area (Å²) in [4.78, 5) is 12.4. The summed E-state index contributed by atoms with van der Waals surface area (Å²) < 4.78 is 23.3. The molecule has 0 spiro atoms. The van der Waals surface area contributed by atoms with E-state index < -0.39 is 35.8 Å². The first kappa shape index (κ1) is 24.5. The number of carbonyl (C=O) groups is 1. The van der Waals surface area contributed by atoms with Gasteiger partial charge in [0.05, 0.1) is 0 Å². The number of unbranched alkanes of at least 4 members (excludes halogenated alkanes) is 1. The first-order valence-corrected chi connectivity index (χ1v) is 11.1. The van der Waals surface area contributed by atoms with E-state index in [1.165, 1.54) is 7.00 Å². The molecule has 1 aliphatic rings. The molecule has 4 unspecified atom stereocenters. The molecular weight excluding hydrogens is 409 g/mol. The molecule has 158 valence electrons. The van der Waals surface area contributed by atoms with Crippen molar-refractivity contribution in [1.29, 1.82) is 0 Å². The van der Waals surface area contributed by atoms with Crippen LogP contribution in [0, 0.1) is 5.92 Å².